The lowest BCUT2D eigenvalue weighted by molar-refractivity contribution is 0.112. The van der Waals surface area contributed by atoms with Crippen molar-refractivity contribution in [2.45, 2.75) is 6.42 Å². The van der Waals surface area contributed by atoms with Gasteiger partial charge in [-0.15, -0.1) is 0 Å². The Balaban J connectivity index is 2.29. The van der Waals surface area contributed by atoms with Crippen molar-refractivity contribution in [1.82, 2.24) is 5.16 Å². The van der Waals surface area contributed by atoms with Gasteiger partial charge in [0.2, 0.25) is 0 Å². The first-order valence-electron chi connectivity index (χ1n) is 4.43. The SMILES string of the molecule is O=Cc1cnoc1Cc1ccccc1Br. The normalized spacial score (nSPS) is 10.2. The Labute approximate surface area is 95.2 Å². The fourth-order valence-corrected chi connectivity index (χ4v) is 1.74. The van der Waals surface area contributed by atoms with Crippen LogP contribution in [0.25, 0.3) is 0 Å². The van der Waals surface area contributed by atoms with Crippen LogP contribution in [0, 0.1) is 0 Å². The van der Waals surface area contributed by atoms with Gasteiger partial charge in [-0.1, -0.05) is 39.3 Å². The predicted molar refractivity (Wildman–Crippen MR) is 58.8 cm³/mol. The molecule has 15 heavy (non-hydrogen) atoms. The first-order valence-corrected chi connectivity index (χ1v) is 5.22. The zero-order valence-electron chi connectivity index (χ0n) is 7.81. The van der Waals surface area contributed by atoms with Gasteiger partial charge in [0.1, 0.15) is 0 Å². The molecular formula is C11H8BrNO2. The molecule has 0 unspecified atom stereocenters. The molecule has 0 saturated carbocycles. The van der Waals surface area contributed by atoms with Gasteiger partial charge >= 0.3 is 0 Å². The highest BCUT2D eigenvalue weighted by molar-refractivity contribution is 9.10. The van der Waals surface area contributed by atoms with Gasteiger partial charge < -0.3 is 4.52 Å². The van der Waals surface area contributed by atoms with E-state index in [1.807, 2.05) is 24.3 Å². The maximum Gasteiger partial charge on any atom is 0.155 e. The fraction of sp³-hybridized carbons (Fsp3) is 0.0909. The maximum atomic E-state index is 10.7. The number of carbonyl (C=O) groups excluding carboxylic acids is 1. The zero-order valence-corrected chi connectivity index (χ0v) is 9.40. The van der Waals surface area contributed by atoms with E-state index in [2.05, 4.69) is 21.1 Å². The second-order valence-electron chi connectivity index (χ2n) is 3.09. The number of carbonyl (C=O) groups is 1. The van der Waals surface area contributed by atoms with Crippen LogP contribution in [0.5, 0.6) is 0 Å². The van der Waals surface area contributed by atoms with Crippen LogP contribution in [0.2, 0.25) is 0 Å². The molecule has 0 aliphatic heterocycles. The number of hydrogen-bond donors (Lipinski definition) is 0. The van der Waals surface area contributed by atoms with E-state index in [0.717, 1.165) is 16.3 Å². The van der Waals surface area contributed by atoms with Crippen molar-refractivity contribution < 1.29 is 9.32 Å². The zero-order chi connectivity index (χ0) is 10.7. The van der Waals surface area contributed by atoms with Gasteiger partial charge in [0.25, 0.3) is 0 Å². The molecule has 0 fully saturated rings. The van der Waals surface area contributed by atoms with Crippen LogP contribution < -0.4 is 0 Å². The molecular weight excluding hydrogens is 258 g/mol. The molecule has 0 aliphatic carbocycles. The summed E-state index contributed by atoms with van der Waals surface area (Å²) in [6.45, 7) is 0. The van der Waals surface area contributed by atoms with Crippen LogP contribution in [0.4, 0.5) is 0 Å². The second kappa shape index (κ2) is 4.40. The number of benzene rings is 1. The van der Waals surface area contributed by atoms with Crippen LogP contribution >= 0.6 is 15.9 Å². The molecule has 1 aromatic carbocycles. The Kier molecular flexibility index (Phi) is 2.97. The van der Waals surface area contributed by atoms with Crippen LogP contribution in [0.15, 0.2) is 39.5 Å². The lowest BCUT2D eigenvalue weighted by Crippen LogP contribution is -1.91. The number of rotatable bonds is 3. The van der Waals surface area contributed by atoms with Crippen molar-refractivity contribution in [3.63, 3.8) is 0 Å². The monoisotopic (exact) mass is 265 g/mol. The molecule has 0 bridgehead atoms. The summed E-state index contributed by atoms with van der Waals surface area (Å²) < 4.78 is 6.01. The van der Waals surface area contributed by atoms with E-state index in [1.54, 1.807) is 0 Å². The van der Waals surface area contributed by atoms with Gasteiger partial charge in [-0.3, -0.25) is 4.79 Å². The third-order valence-electron chi connectivity index (χ3n) is 2.11. The summed E-state index contributed by atoms with van der Waals surface area (Å²) in [4.78, 5) is 10.7. The van der Waals surface area contributed by atoms with Crippen molar-refractivity contribution in [3.05, 3.63) is 51.8 Å². The molecule has 0 radical (unpaired) electrons. The van der Waals surface area contributed by atoms with Gasteiger partial charge in [0.05, 0.1) is 11.8 Å². The van der Waals surface area contributed by atoms with Crippen LogP contribution in [0.3, 0.4) is 0 Å². The highest BCUT2D eigenvalue weighted by Crippen LogP contribution is 2.20. The van der Waals surface area contributed by atoms with Gasteiger partial charge in [-0.2, -0.15) is 0 Å². The Bertz CT molecular complexity index is 479. The van der Waals surface area contributed by atoms with E-state index in [1.165, 1.54) is 6.20 Å². The van der Waals surface area contributed by atoms with Crippen molar-refractivity contribution in [3.8, 4) is 0 Å². The molecule has 3 nitrogen and oxygen atoms in total. The average Bonchev–Trinajstić information content (AvgIpc) is 2.69. The topological polar surface area (TPSA) is 43.1 Å². The highest BCUT2D eigenvalue weighted by Gasteiger charge is 2.09. The molecule has 0 spiro atoms. The average molecular weight is 266 g/mol. The third kappa shape index (κ3) is 2.15. The summed E-state index contributed by atoms with van der Waals surface area (Å²) >= 11 is 3.44. The minimum Gasteiger partial charge on any atom is -0.360 e. The number of aromatic nitrogens is 1. The Morgan fingerprint density at radius 2 is 2.20 bits per heavy atom. The summed E-state index contributed by atoms with van der Waals surface area (Å²) in [7, 11) is 0. The van der Waals surface area contributed by atoms with Crippen molar-refractivity contribution in [2.75, 3.05) is 0 Å². The van der Waals surface area contributed by atoms with Gasteiger partial charge in [0.15, 0.2) is 12.0 Å². The first kappa shape index (κ1) is 10.1. The third-order valence-corrected chi connectivity index (χ3v) is 2.89. The number of nitrogens with zero attached hydrogens (tertiary/aromatic N) is 1. The lowest BCUT2D eigenvalue weighted by atomic mass is 10.1. The summed E-state index contributed by atoms with van der Waals surface area (Å²) in [5, 5.41) is 3.60. The number of hydrogen-bond acceptors (Lipinski definition) is 3. The Morgan fingerprint density at radius 1 is 1.40 bits per heavy atom. The van der Waals surface area contributed by atoms with E-state index in [9.17, 15) is 4.79 Å². The summed E-state index contributed by atoms with van der Waals surface area (Å²) in [6, 6.07) is 7.80. The second-order valence-corrected chi connectivity index (χ2v) is 3.94. The molecule has 1 heterocycles. The molecule has 2 rings (SSSR count). The molecule has 4 heteroatoms. The van der Waals surface area contributed by atoms with E-state index in [0.29, 0.717) is 17.7 Å². The maximum absolute atomic E-state index is 10.7. The predicted octanol–water partition coefficient (Wildman–Crippen LogP) is 2.84. The van der Waals surface area contributed by atoms with Crippen molar-refractivity contribution in [1.29, 1.82) is 0 Å². The Hall–Kier alpha value is -1.42. The molecule has 0 atom stereocenters. The van der Waals surface area contributed by atoms with E-state index < -0.39 is 0 Å². The van der Waals surface area contributed by atoms with Crippen LogP contribution in [-0.4, -0.2) is 11.4 Å². The van der Waals surface area contributed by atoms with Crippen molar-refractivity contribution >= 4 is 22.2 Å². The van der Waals surface area contributed by atoms with Gasteiger partial charge in [0, 0.05) is 10.9 Å². The summed E-state index contributed by atoms with van der Waals surface area (Å²) in [5.41, 5.74) is 1.57. The lowest BCUT2D eigenvalue weighted by Gasteiger charge is -2.00. The van der Waals surface area contributed by atoms with Crippen LogP contribution in [-0.2, 0) is 6.42 Å². The number of halogens is 1. The molecule has 0 N–H and O–H groups in total. The minimum atomic E-state index is 0.505. The van der Waals surface area contributed by atoms with E-state index in [-0.39, 0.29) is 0 Å². The molecule has 1 aromatic heterocycles. The van der Waals surface area contributed by atoms with Gasteiger partial charge in [-0.25, -0.2) is 0 Å². The highest BCUT2D eigenvalue weighted by atomic mass is 79.9. The standard InChI is InChI=1S/C11H8BrNO2/c12-10-4-2-1-3-8(10)5-11-9(7-14)6-13-15-11/h1-4,6-7H,5H2. The quantitative estimate of drug-likeness (QED) is 0.802. The molecule has 0 amide bonds. The minimum absolute atomic E-state index is 0.505. The first-order chi connectivity index (χ1) is 7.31. The molecule has 2 aromatic rings. The largest absolute Gasteiger partial charge is 0.360 e. The summed E-state index contributed by atoms with van der Waals surface area (Å²) in [5.74, 6) is 0.594. The smallest absolute Gasteiger partial charge is 0.155 e. The molecule has 76 valence electrons. The molecule has 0 saturated heterocycles. The number of aldehydes is 1. The fourth-order valence-electron chi connectivity index (χ4n) is 1.32. The molecule has 0 aliphatic rings. The Morgan fingerprint density at radius 3 is 2.93 bits per heavy atom. The van der Waals surface area contributed by atoms with Crippen molar-refractivity contribution in [2.24, 2.45) is 0 Å². The van der Waals surface area contributed by atoms with E-state index >= 15 is 0 Å². The van der Waals surface area contributed by atoms with E-state index in [4.69, 9.17) is 4.52 Å². The summed E-state index contributed by atoms with van der Waals surface area (Å²) in [6.07, 6.45) is 2.75. The van der Waals surface area contributed by atoms with Gasteiger partial charge in [-0.05, 0) is 11.6 Å². The van der Waals surface area contributed by atoms with Crippen LogP contribution in [0.1, 0.15) is 21.7 Å².